The molecule has 152 valence electrons. The number of carbonyl (C=O) groups excluding carboxylic acids is 1. The number of benzene rings is 1. The zero-order valence-electron chi connectivity index (χ0n) is 17.1. The number of likely N-dealkylation sites (tertiary alicyclic amines) is 1. The largest absolute Gasteiger partial charge is 0.497 e. The average molecular weight is 394 g/mol. The van der Waals surface area contributed by atoms with E-state index in [1.807, 2.05) is 47.0 Å². The van der Waals surface area contributed by atoms with E-state index in [1.54, 1.807) is 20.4 Å². The Labute approximate surface area is 170 Å². The molecular formula is C22H26N4O3. The number of ether oxygens (including phenoxy) is 2. The third kappa shape index (κ3) is 3.60. The Hall–Kier alpha value is -3.22. The van der Waals surface area contributed by atoms with Gasteiger partial charge in [-0.3, -0.25) is 4.79 Å². The van der Waals surface area contributed by atoms with Crippen LogP contribution in [-0.4, -0.2) is 47.7 Å². The van der Waals surface area contributed by atoms with Gasteiger partial charge in [0, 0.05) is 44.0 Å². The van der Waals surface area contributed by atoms with Crippen LogP contribution in [0.25, 0.3) is 10.9 Å². The van der Waals surface area contributed by atoms with Crippen LogP contribution in [0.3, 0.4) is 0 Å². The molecule has 0 bridgehead atoms. The lowest BCUT2D eigenvalue weighted by molar-refractivity contribution is 0.0725. The summed E-state index contributed by atoms with van der Waals surface area (Å²) in [7, 11) is 5.19. The molecule has 1 aliphatic heterocycles. The van der Waals surface area contributed by atoms with Crippen LogP contribution < -0.4 is 14.8 Å². The molecule has 1 aliphatic rings. The number of nitrogens with one attached hydrogen (secondary N) is 1. The van der Waals surface area contributed by atoms with E-state index < -0.39 is 0 Å². The first-order chi connectivity index (χ1) is 14.1. The second kappa shape index (κ2) is 8.03. The van der Waals surface area contributed by atoms with Crippen molar-refractivity contribution in [3.05, 3.63) is 42.2 Å². The Balaban J connectivity index is 1.72. The van der Waals surface area contributed by atoms with Crippen LogP contribution >= 0.6 is 0 Å². The summed E-state index contributed by atoms with van der Waals surface area (Å²) in [6, 6.07) is 7.55. The van der Waals surface area contributed by atoms with Gasteiger partial charge in [-0.05, 0) is 37.5 Å². The van der Waals surface area contributed by atoms with Gasteiger partial charge < -0.3 is 24.3 Å². The zero-order valence-corrected chi connectivity index (χ0v) is 17.1. The van der Waals surface area contributed by atoms with Gasteiger partial charge in [-0.2, -0.15) is 0 Å². The fourth-order valence-corrected chi connectivity index (χ4v) is 3.87. The highest BCUT2D eigenvalue weighted by Gasteiger charge is 2.23. The first-order valence-corrected chi connectivity index (χ1v) is 9.84. The first kappa shape index (κ1) is 19.1. The van der Waals surface area contributed by atoms with Crippen molar-refractivity contribution in [2.24, 2.45) is 7.05 Å². The molecule has 3 heterocycles. The number of aryl methyl sites for hydroxylation is 1. The molecule has 0 spiro atoms. The monoisotopic (exact) mass is 394 g/mol. The van der Waals surface area contributed by atoms with Crippen LogP contribution in [0.15, 0.2) is 36.7 Å². The van der Waals surface area contributed by atoms with Gasteiger partial charge >= 0.3 is 0 Å². The molecule has 1 fully saturated rings. The number of aromatic nitrogens is 2. The lowest BCUT2D eigenvalue weighted by Gasteiger charge is -2.27. The number of hydrogen-bond donors (Lipinski definition) is 1. The number of pyridine rings is 1. The smallest absolute Gasteiger partial charge is 0.257 e. The topological polar surface area (TPSA) is 68.6 Å². The molecule has 2 aromatic heterocycles. The molecule has 0 aliphatic carbocycles. The summed E-state index contributed by atoms with van der Waals surface area (Å²) in [5, 5.41) is 4.24. The second-order valence-corrected chi connectivity index (χ2v) is 7.25. The molecule has 1 amide bonds. The minimum atomic E-state index is 0.0533. The molecule has 7 heteroatoms. The molecule has 1 aromatic carbocycles. The Kier molecular flexibility index (Phi) is 5.29. The molecule has 29 heavy (non-hydrogen) atoms. The molecule has 1 saturated heterocycles. The third-order valence-corrected chi connectivity index (χ3v) is 5.44. The Morgan fingerprint density at radius 3 is 2.62 bits per heavy atom. The van der Waals surface area contributed by atoms with Crippen LogP contribution in [0.5, 0.6) is 11.5 Å². The van der Waals surface area contributed by atoms with Crippen molar-refractivity contribution in [3.63, 3.8) is 0 Å². The third-order valence-electron chi connectivity index (χ3n) is 5.44. The number of nitrogens with zero attached hydrogens (tertiary/aromatic N) is 3. The lowest BCUT2D eigenvalue weighted by atomic mass is 10.1. The van der Waals surface area contributed by atoms with Crippen molar-refractivity contribution in [1.82, 2.24) is 14.5 Å². The molecule has 0 atom stereocenters. The Bertz CT molecular complexity index is 1040. The second-order valence-electron chi connectivity index (χ2n) is 7.25. The molecule has 4 rings (SSSR count). The van der Waals surface area contributed by atoms with E-state index in [-0.39, 0.29) is 5.91 Å². The molecule has 0 radical (unpaired) electrons. The number of methoxy groups -OCH3 is 2. The van der Waals surface area contributed by atoms with Gasteiger partial charge in [0.25, 0.3) is 5.91 Å². The molecule has 0 saturated carbocycles. The highest BCUT2D eigenvalue weighted by molar-refractivity contribution is 6.08. The van der Waals surface area contributed by atoms with E-state index in [0.717, 1.165) is 42.5 Å². The van der Waals surface area contributed by atoms with Gasteiger partial charge in [-0.25, -0.2) is 4.98 Å². The standard InChI is InChI=1S/C22H26N4O3/c1-25-12-9-16-20(25)17(22(27)26-10-5-4-6-11-26)14-23-21(16)24-18-8-7-15(28-2)13-19(18)29-3/h7-9,12-14H,4-6,10-11H2,1-3H3,(H,23,24). The number of piperidine rings is 1. The minimum absolute atomic E-state index is 0.0533. The highest BCUT2D eigenvalue weighted by Crippen LogP contribution is 2.34. The van der Waals surface area contributed by atoms with Gasteiger partial charge in [0.1, 0.15) is 17.3 Å². The summed E-state index contributed by atoms with van der Waals surface area (Å²) < 4.78 is 12.7. The van der Waals surface area contributed by atoms with E-state index in [0.29, 0.717) is 22.9 Å². The zero-order chi connectivity index (χ0) is 20.4. The normalized spacial score (nSPS) is 14.1. The number of carbonyl (C=O) groups is 1. The van der Waals surface area contributed by atoms with Crippen molar-refractivity contribution >= 4 is 28.3 Å². The van der Waals surface area contributed by atoms with Crippen LogP contribution in [0.1, 0.15) is 29.6 Å². The summed E-state index contributed by atoms with van der Waals surface area (Å²) in [5.41, 5.74) is 2.30. The molecular weight excluding hydrogens is 368 g/mol. The number of amides is 1. The number of fused-ring (bicyclic) bond motifs is 1. The summed E-state index contributed by atoms with van der Waals surface area (Å²) >= 11 is 0. The van der Waals surface area contributed by atoms with Crippen LogP contribution in [0.2, 0.25) is 0 Å². The SMILES string of the molecule is COc1ccc(Nc2ncc(C(=O)N3CCCCC3)c3c2ccn3C)c(OC)c1. The van der Waals surface area contributed by atoms with Crippen molar-refractivity contribution in [2.75, 3.05) is 32.6 Å². The van der Waals surface area contributed by atoms with Crippen LogP contribution in [-0.2, 0) is 7.05 Å². The summed E-state index contributed by atoms with van der Waals surface area (Å²) in [5.74, 6) is 2.10. The van der Waals surface area contributed by atoms with E-state index in [1.165, 1.54) is 6.42 Å². The molecule has 7 nitrogen and oxygen atoms in total. The van der Waals surface area contributed by atoms with Gasteiger partial charge in [0.05, 0.1) is 31.0 Å². The minimum Gasteiger partial charge on any atom is -0.497 e. The van der Waals surface area contributed by atoms with Crippen molar-refractivity contribution in [3.8, 4) is 11.5 Å². The van der Waals surface area contributed by atoms with Crippen LogP contribution in [0.4, 0.5) is 11.5 Å². The number of rotatable bonds is 5. The van der Waals surface area contributed by atoms with E-state index >= 15 is 0 Å². The first-order valence-electron chi connectivity index (χ1n) is 9.84. The molecule has 3 aromatic rings. The summed E-state index contributed by atoms with van der Waals surface area (Å²) in [4.78, 5) is 19.7. The highest BCUT2D eigenvalue weighted by atomic mass is 16.5. The predicted molar refractivity (Wildman–Crippen MR) is 113 cm³/mol. The maximum Gasteiger partial charge on any atom is 0.257 e. The Morgan fingerprint density at radius 2 is 1.90 bits per heavy atom. The lowest BCUT2D eigenvalue weighted by Crippen LogP contribution is -2.35. The van der Waals surface area contributed by atoms with Crippen molar-refractivity contribution in [1.29, 1.82) is 0 Å². The molecule has 0 unspecified atom stereocenters. The predicted octanol–water partition coefficient (Wildman–Crippen LogP) is 3.96. The molecule has 1 N–H and O–H groups in total. The Morgan fingerprint density at radius 1 is 1.10 bits per heavy atom. The van der Waals surface area contributed by atoms with E-state index in [9.17, 15) is 4.79 Å². The fourth-order valence-electron chi connectivity index (χ4n) is 3.87. The maximum atomic E-state index is 13.1. The maximum absolute atomic E-state index is 13.1. The van der Waals surface area contributed by atoms with E-state index in [4.69, 9.17) is 9.47 Å². The fraction of sp³-hybridized carbons (Fsp3) is 0.364. The van der Waals surface area contributed by atoms with Crippen molar-refractivity contribution in [2.45, 2.75) is 19.3 Å². The summed E-state index contributed by atoms with van der Waals surface area (Å²) in [6.07, 6.45) is 6.94. The van der Waals surface area contributed by atoms with Gasteiger partial charge in [-0.1, -0.05) is 0 Å². The summed E-state index contributed by atoms with van der Waals surface area (Å²) in [6.45, 7) is 1.63. The van der Waals surface area contributed by atoms with Gasteiger partial charge in [0.2, 0.25) is 0 Å². The van der Waals surface area contributed by atoms with Crippen molar-refractivity contribution < 1.29 is 14.3 Å². The number of hydrogen-bond acceptors (Lipinski definition) is 5. The quantitative estimate of drug-likeness (QED) is 0.709. The van der Waals surface area contributed by atoms with Gasteiger partial charge in [0.15, 0.2) is 0 Å². The van der Waals surface area contributed by atoms with Gasteiger partial charge in [-0.15, -0.1) is 0 Å². The van der Waals surface area contributed by atoms with E-state index in [2.05, 4.69) is 10.3 Å². The number of anilines is 2. The average Bonchev–Trinajstić information content (AvgIpc) is 3.16. The van der Waals surface area contributed by atoms with Crippen LogP contribution in [0, 0.1) is 0 Å².